The molecule has 1 saturated carbocycles. The first-order chi connectivity index (χ1) is 8.18. The summed E-state index contributed by atoms with van der Waals surface area (Å²) in [6.45, 7) is 5.03. The minimum Gasteiger partial charge on any atom is -0.329 e. The van der Waals surface area contributed by atoms with E-state index in [1.165, 1.54) is 0 Å². The largest absolute Gasteiger partial charge is 0.329 e. The van der Waals surface area contributed by atoms with Crippen LogP contribution >= 0.6 is 0 Å². The summed E-state index contributed by atoms with van der Waals surface area (Å²) in [4.78, 5) is 9.22. The predicted molar refractivity (Wildman–Crippen MR) is 67.9 cm³/mol. The Balaban J connectivity index is 2.27. The highest BCUT2D eigenvalue weighted by Gasteiger charge is 2.47. The van der Waals surface area contributed by atoms with Crippen LogP contribution in [0.5, 0.6) is 0 Å². The average Bonchev–Trinajstić information content (AvgIpc) is 3.02. The zero-order chi connectivity index (χ0) is 12.0. The van der Waals surface area contributed by atoms with Crippen LogP contribution in [0.25, 0.3) is 11.2 Å². The van der Waals surface area contributed by atoms with E-state index in [1.54, 1.807) is 0 Å². The van der Waals surface area contributed by atoms with Crippen molar-refractivity contribution in [1.29, 1.82) is 0 Å². The van der Waals surface area contributed by atoms with E-state index in [0.29, 0.717) is 12.6 Å². The molecule has 2 heterocycles. The fourth-order valence-corrected chi connectivity index (χ4v) is 2.46. The van der Waals surface area contributed by atoms with E-state index in [4.69, 9.17) is 10.7 Å². The molecule has 0 amide bonds. The molecule has 90 valence electrons. The number of imidazole rings is 1. The van der Waals surface area contributed by atoms with Crippen LogP contribution in [-0.4, -0.2) is 21.1 Å². The number of pyridine rings is 1. The van der Waals surface area contributed by atoms with E-state index in [0.717, 1.165) is 29.8 Å². The smallest absolute Gasteiger partial charge is 0.160 e. The van der Waals surface area contributed by atoms with E-state index in [2.05, 4.69) is 23.4 Å². The summed E-state index contributed by atoms with van der Waals surface area (Å²) in [5.74, 6) is 1.13. The highest BCUT2D eigenvalue weighted by Crippen LogP contribution is 2.47. The van der Waals surface area contributed by atoms with Gasteiger partial charge in [-0.1, -0.05) is 0 Å². The van der Waals surface area contributed by atoms with Crippen molar-refractivity contribution in [3.05, 3.63) is 24.2 Å². The normalized spacial score (nSPS) is 17.9. The summed E-state index contributed by atoms with van der Waals surface area (Å²) < 4.78 is 2.25. The van der Waals surface area contributed by atoms with Gasteiger partial charge in [0.15, 0.2) is 5.65 Å². The first kappa shape index (κ1) is 10.7. The van der Waals surface area contributed by atoms with Gasteiger partial charge in [-0.05, 0) is 38.8 Å². The molecule has 0 radical (unpaired) electrons. The molecule has 2 N–H and O–H groups in total. The monoisotopic (exact) mass is 230 g/mol. The molecule has 0 saturated heterocycles. The van der Waals surface area contributed by atoms with Gasteiger partial charge in [0.2, 0.25) is 0 Å². The molecule has 1 fully saturated rings. The highest BCUT2D eigenvalue weighted by atomic mass is 15.2. The van der Waals surface area contributed by atoms with Crippen molar-refractivity contribution < 1.29 is 0 Å². The second kappa shape index (κ2) is 3.53. The maximum absolute atomic E-state index is 5.92. The van der Waals surface area contributed by atoms with Crippen LogP contribution in [0.15, 0.2) is 18.3 Å². The number of fused-ring (bicyclic) bond motifs is 1. The van der Waals surface area contributed by atoms with E-state index in [-0.39, 0.29) is 5.41 Å². The quantitative estimate of drug-likeness (QED) is 0.877. The van der Waals surface area contributed by atoms with Gasteiger partial charge >= 0.3 is 0 Å². The topological polar surface area (TPSA) is 56.7 Å². The lowest BCUT2D eigenvalue weighted by Crippen LogP contribution is -2.25. The molecular formula is C13H18N4. The molecule has 17 heavy (non-hydrogen) atoms. The van der Waals surface area contributed by atoms with Crippen LogP contribution in [-0.2, 0) is 5.41 Å². The summed E-state index contributed by atoms with van der Waals surface area (Å²) in [6.07, 6.45) is 4.13. The van der Waals surface area contributed by atoms with Crippen molar-refractivity contribution in [2.24, 2.45) is 5.73 Å². The van der Waals surface area contributed by atoms with Crippen LogP contribution in [0.3, 0.4) is 0 Å². The molecule has 3 rings (SSSR count). The molecule has 0 spiro atoms. The zero-order valence-corrected chi connectivity index (χ0v) is 10.3. The lowest BCUT2D eigenvalue weighted by molar-refractivity contribution is 0.528. The molecule has 0 bridgehead atoms. The van der Waals surface area contributed by atoms with Gasteiger partial charge in [0.1, 0.15) is 11.3 Å². The van der Waals surface area contributed by atoms with Gasteiger partial charge < -0.3 is 10.3 Å². The zero-order valence-electron chi connectivity index (χ0n) is 10.3. The lowest BCUT2D eigenvalue weighted by Gasteiger charge is -2.17. The summed E-state index contributed by atoms with van der Waals surface area (Å²) >= 11 is 0. The van der Waals surface area contributed by atoms with Gasteiger partial charge in [0.25, 0.3) is 0 Å². The molecule has 0 aromatic carbocycles. The third-order valence-corrected chi connectivity index (χ3v) is 3.68. The van der Waals surface area contributed by atoms with Gasteiger partial charge in [-0.2, -0.15) is 0 Å². The SMILES string of the molecule is CC(C)n1c(C2(CN)CC2)nc2cccnc21. The van der Waals surface area contributed by atoms with Crippen LogP contribution in [0.4, 0.5) is 0 Å². The van der Waals surface area contributed by atoms with Gasteiger partial charge in [0, 0.05) is 24.2 Å². The van der Waals surface area contributed by atoms with E-state index in [1.807, 2.05) is 18.3 Å². The molecule has 0 aliphatic heterocycles. The second-order valence-corrected chi connectivity index (χ2v) is 5.23. The van der Waals surface area contributed by atoms with Gasteiger partial charge in [-0.15, -0.1) is 0 Å². The van der Waals surface area contributed by atoms with Gasteiger partial charge in [-0.25, -0.2) is 9.97 Å². The lowest BCUT2D eigenvalue weighted by atomic mass is 10.1. The number of hydrogen-bond donors (Lipinski definition) is 1. The average molecular weight is 230 g/mol. The molecular weight excluding hydrogens is 212 g/mol. The first-order valence-corrected chi connectivity index (χ1v) is 6.21. The maximum Gasteiger partial charge on any atom is 0.160 e. The standard InChI is InChI=1S/C13H18N4/c1-9(2)17-11-10(4-3-7-15-11)16-12(17)13(8-14)5-6-13/h3-4,7,9H,5-6,8,14H2,1-2H3. The minimum atomic E-state index is 0.116. The summed E-state index contributed by atoms with van der Waals surface area (Å²) in [6, 6.07) is 4.33. The molecule has 4 nitrogen and oxygen atoms in total. The number of hydrogen-bond acceptors (Lipinski definition) is 3. The number of rotatable bonds is 3. The Kier molecular flexibility index (Phi) is 2.23. The third kappa shape index (κ3) is 1.47. The van der Waals surface area contributed by atoms with Crippen LogP contribution in [0.2, 0.25) is 0 Å². The summed E-state index contributed by atoms with van der Waals surface area (Å²) in [5, 5.41) is 0. The fraction of sp³-hybridized carbons (Fsp3) is 0.538. The molecule has 0 atom stereocenters. The molecule has 4 heteroatoms. The Morgan fingerprint density at radius 1 is 1.47 bits per heavy atom. The molecule has 0 unspecified atom stereocenters. The molecule has 2 aromatic rings. The van der Waals surface area contributed by atoms with Crippen molar-refractivity contribution >= 4 is 11.2 Å². The van der Waals surface area contributed by atoms with Crippen molar-refractivity contribution in [2.45, 2.75) is 38.1 Å². The Morgan fingerprint density at radius 3 is 2.82 bits per heavy atom. The Morgan fingerprint density at radius 2 is 2.24 bits per heavy atom. The van der Waals surface area contributed by atoms with E-state index < -0.39 is 0 Å². The van der Waals surface area contributed by atoms with E-state index >= 15 is 0 Å². The van der Waals surface area contributed by atoms with Crippen molar-refractivity contribution in [2.75, 3.05) is 6.54 Å². The number of nitrogens with two attached hydrogens (primary N) is 1. The summed E-state index contributed by atoms with van der Waals surface area (Å²) in [7, 11) is 0. The van der Waals surface area contributed by atoms with Crippen LogP contribution in [0, 0.1) is 0 Å². The Bertz CT molecular complexity index is 552. The van der Waals surface area contributed by atoms with Crippen LogP contribution in [0.1, 0.15) is 38.6 Å². The maximum atomic E-state index is 5.92. The van der Waals surface area contributed by atoms with Crippen molar-refractivity contribution in [1.82, 2.24) is 14.5 Å². The number of nitrogens with zero attached hydrogens (tertiary/aromatic N) is 3. The minimum absolute atomic E-state index is 0.116. The highest BCUT2D eigenvalue weighted by molar-refractivity contribution is 5.72. The van der Waals surface area contributed by atoms with Gasteiger partial charge in [0.05, 0.1) is 0 Å². The third-order valence-electron chi connectivity index (χ3n) is 3.68. The van der Waals surface area contributed by atoms with Crippen molar-refractivity contribution in [3.63, 3.8) is 0 Å². The van der Waals surface area contributed by atoms with Gasteiger partial charge in [-0.3, -0.25) is 0 Å². The first-order valence-electron chi connectivity index (χ1n) is 6.21. The molecule has 1 aliphatic carbocycles. The summed E-state index contributed by atoms with van der Waals surface area (Å²) in [5.41, 5.74) is 8.00. The second-order valence-electron chi connectivity index (χ2n) is 5.23. The molecule has 1 aliphatic rings. The Labute approximate surface area is 101 Å². The Hall–Kier alpha value is -1.42. The fourth-order valence-electron chi connectivity index (χ4n) is 2.46. The van der Waals surface area contributed by atoms with Crippen LogP contribution < -0.4 is 5.73 Å². The predicted octanol–water partition coefficient (Wildman–Crippen LogP) is 2.00. The van der Waals surface area contributed by atoms with Crippen molar-refractivity contribution in [3.8, 4) is 0 Å². The number of aromatic nitrogens is 3. The van der Waals surface area contributed by atoms with E-state index in [9.17, 15) is 0 Å². The molecule has 2 aromatic heterocycles.